The van der Waals surface area contributed by atoms with E-state index < -0.39 is 11.6 Å². The van der Waals surface area contributed by atoms with Crippen molar-refractivity contribution < 1.29 is 14.3 Å². The molecular formula is C8H9ClFNO2. The normalized spacial score (nSPS) is 10.4. The summed E-state index contributed by atoms with van der Waals surface area (Å²) in [6.07, 6.45) is 0.452. The van der Waals surface area contributed by atoms with Gasteiger partial charge in [-0.15, -0.1) is 0 Å². The summed E-state index contributed by atoms with van der Waals surface area (Å²) < 4.78 is 12.9. The second kappa shape index (κ2) is 4.41. The number of hydrogen-bond acceptors (Lipinski definition) is 3. The molecule has 3 N–H and O–H groups in total. The molecule has 0 bridgehead atoms. The van der Waals surface area contributed by atoms with Crippen molar-refractivity contribution in [3.05, 3.63) is 28.5 Å². The predicted octanol–water partition coefficient (Wildman–Crippen LogP) is 1.62. The van der Waals surface area contributed by atoms with Gasteiger partial charge >= 0.3 is 0 Å². The number of aromatic hydroxyl groups is 1. The Kier molecular flexibility index (Phi) is 3.48. The molecular weight excluding hydrogens is 197 g/mol. The van der Waals surface area contributed by atoms with E-state index in [2.05, 4.69) is 4.84 Å². The van der Waals surface area contributed by atoms with Crippen molar-refractivity contribution in [1.82, 2.24) is 0 Å². The van der Waals surface area contributed by atoms with Gasteiger partial charge in [-0.3, -0.25) is 0 Å². The van der Waals surface area contributed by atoms with Crippen molar-refractivity contribution >= 4 is 11.6 Å². The lowest BCUT2D eigenvalue weighted by Crippen LogP contribution is -2.03. The molecule has 0 unspecified atom stereocenters. The smallest absolute Gasteiger partial charge is 0.170 e. The molecule has 0 aliphatic heterocycles. The second-order valence-electron chi connectivity index (χ2n) is 2.53. The number of nitrogens with two attached hydrogens (primary N) is 1. The van der Waals surface area contributed by atoms with Crippen LogP contribution in [0.25, 0.3) is 0 Å². The van der Waals surface area contributed by atoms with Crippen LogP contribution in [0.4, 0.5) is 4.39 Å². The largest absolute Gasteiger partial charge is 0.504 e. The topological polar surface area (TPSA) is 55.5 Å². The van der Waals surface area contributed by atoms with Crippen LogP contribution in [0.5, 0.6) is 5.75 Å². The molecule has 0 spiro atoms. The summed E-state index contributed by atoms with van der Waals surface area (Å²) in [5.74, 6) is 3.54. The van der Waals surface area contributed by atoms with E-state index in [0.29, 0.717) is 12.0 Å². The van der Waals surface area contributed by atoms with Crippen LogP contribution < -0.4 is 5.90 Å². The van der Waals surface area contributed by atoms with Gasteiger partial charge in [-0.05, 0) is 24.1 Å². The fraction of sp³-hybridized carbons (Fsp3) is 0.250. The molecule has 0 aromatic heterocycles. The summed E-state index contributed by atoms with van der Waals surface area (Å²) >= 11 is 5.54. The molecule has 0 saturated heterocycles. The van der Waals surface area contributed by atoms with E-state index in [1.54, 1.807) is 0 Å². The Hall–Kier alpha value is -0.840. The van der Waals surface area contributed by atoms with E-state index in [9.17, 15) is 4.39 Å². The summed E-state index contributed by atoms with van der Waals surface area (Å²) in [5.41, 5.74) is 0.630. The zero-order valence-electron chi connectivity index (χ0n) is 6.76. The molecule has 0 saturated carbocycles. The predicted molar refractivity (Wildman–Crippen MR) is 46.9 cm³/mol. The fourth-order valence-electron chi connectivity index (χ4n) is 0.939. The van der Waals surface area contributed by atoms with Crippen LogP contribution in [0.15, 0.2) is 12.1 Å². The van der Waals surface area contributed by atoms with Crippen molar-refractivity contribution in [2.24, 2.45) is 5.90 Å². The summed E-state index contributed by atoms with van der Waals surface area (Å²) in [7, 11) is 0. The van der Waals surface area contributed by atoms with E-state index >= 15 is 0 Å². The van der Waals surface area contributed by atoms with Crippen LogP contribution in [0.3, 0.4) is 0 Å². The van der Waals surface area contributed by atoms with Gasteiger partial charge in [-0.2, -0.15) is 0 Å². The Labute approximate surface area is 79.8 Å². The van der Waals surface area contributed by atoms with Gasteiger partial charge in [0.2, 0.25) is 0 Å². The van der Waals surface area contributed by atoms with E-state index in [4.69, 9.17) is 22.6 Å². The lowest BCUT2D eigenvalue weighted by molar-refractivity contribution is 0.141. The minimum Gasteiger partial charge on any atom is -0.504 e. The standard InChI is InChI=1S/C8H9ClFNO2/c9-6-3-5(1-2-13-11)4-7(10)8(6)12/h3-4,12H,1-2,11H2. The van der Waals surface area contributed by atoms with Crippen molar-refractivity contribution in [3.63, 3.8) is 0 Å². The molecule has 1 aromatic rings. The third kappa shape index (κ3) is 2.55. The first-order chi connectivity index (χ1) is 6.15. The Balaban J connectivity index is 2.86. The Morgan fingerprint density at radius 3 is 2.77 bits per heavy atom. The van der Waals surface area contributed by atoms with Crippen LogP contribution >= 0.6 is 11.6 Å². The second-order valence-corrected chi connectivity index (χ2v) is 2.94. The maximum Gasteiger partial charge on any atom is 0.170 e. The van der Waals surface area contributed by atoms with Gasteiger partial charge in [-0.1, -0.05) is 11.6 Å². The molecule has 0 heterocycles. The monoisotopic (exact) mass is 205 g/mol. The number of halogens is 2. The fourth-order valence-corrected chi connectivity index (χ4v) is 1.17. The molecule has 0 aliphatic carbocycles. The summed E-state index contributed by atoms with van der Waals surface area (Å²) in [6.45, 7) is 0.278. The Morgan fingerprint density at radius 2 is 2.23 bits per heavy atom. The molecule has 0 aliphatic rings. The average molecular weight is 206 g/mol. The highest BCUT2D eigenvalue weighted by Crippen LogP contribution is 2.27. The third-order valence-corrected chi connectivity index (χ3v) is 1.87. The zero-order valence-corrected chi connectivity index (χ0v) is 7.51. The first-order valence-electron chi connectivity index (χ1n) is 3.63. The Morgan fingerprint density at radius 1 is 1.54 bits per heavy atom. The lowest BCUT2D eigenvalue weighted by atomic mass is 10.1. The van der Waals surface area contributed by atoms with Crippen LogP contribution in [0, 0.1) is 5.82 Å². The van der Waals surface area contributed by atoms with Crippen molar-refractivity contribution in [3.8, 4) is 5.75 Å². The Bertz CT molecular complexity index is 283. The summed E-state index contributed by atoms with van der Waals surface area (Å²) in [5, 5.41) is 8.99. The number of hydrogen-bond donors (Lipinski definition) is 2. The average Bonchev–Trinajstić information content (AvgIpc) is 2.10. The minimum atomic E-state index is -0.737. The van der Waals surface area contributed by atoms with E-state index in [1.165, 1.54) is 12.1 Å². The van der Waals surface area contributed by atoms with Crippen LogP contribution in [-0.4, -0.2) is 11.7 Å². The molecule has 0 amide bonds. The van der Waals surface area contributed by atoms with Gasteiger partial charge in [0.05, 0.1) is 11.6 Å². The number of phenols is 1. The van der Waals surface area contributed by atoms with Gasteiger partial charge in [-0.25, -0.2) is 10.3 Å². The van der Waals surface area contributed by atoms with Crippen molar-refractivity contribution in [1.29, 1.82) is 0 Å². The number of rotatable bonds is 3. The molecule has 1 rings (SSSR count). The maximum absolute atomic E-state index is 12.9. The van der Waals surface area contributed by atoms with Gasteiger partial charge in [0, 0.05) is 0 Å². The van der Waals surface area contributed by atoms with Gasteiger partial charge in [0.15, 0.2) is 11.6 Å². The summed E-state index contributed by atoms with van der Waals surface area (Å²) in [4.78, 5) is 4.33. The van der Waals surface area contributed by atoms with Crippen LogP contribution in [0.1, 0.15) is 5.56 Å². The molecule has 0 atom stereocenters. The van der Waals surface area contributed by atoms with Crippen LogP contribution in [-0.2, 0) is 11.3 Å². The molecule has 5 heteroatoms. The van der Waals surface area contributed by atoms with Crippen molar-refractivity contribution in [2.75, 3.05) is 6.61 Å². The van der Waals surface area contributed by atoms with Crippen molar-refractivity contribution in [2.45, 2.75) is 6.42 Å². The van der Waals surface area contributed by atoms with E-state index in [0.717, 1.165) is 0 Å². The molecule has 0 radical (unpaired) electrons. The summed E-state index contributed by atoms with van der Waals surface area (Å²) in [6, 6.07) is 2.67. The SMILES string of the molecule is NOCCc1cc(F)c(O)c(Cl)c1. The molecule has 13 heavy (non-hydrogen) atoms. The van der Waals surface area contributed by atoms with Gasteiger partial charge in [0.1, 0.15) is 0 Å². The van der Waals surface area contributed by atoms with E-state index in [1.807, 2.05) is 0 Å². The molecule has 1 aromatic carbocycles. The highest BCUT2D eigenvalue weighted by molar-refractivity contribution is 6.32. The zero-order chi connectivity index (χ0) is 9.84. The van der Waals surface area contributed by atoms with Crippen LogP contribution in [0.2, 0.25) is 5.02 Å². The number of phenolic OH excluding ortho intramolecular Hbond substituents is 1. The highest BCUT2D eigenvalue weighted by Gasteiger charge is 2.07. The maximum atomic E-state index is 12.9. The lowest BCUT2D eigenvalue weighted by Gasteiger charge is -2.03. The van der Waals surface area contributed by atoms with E-state index in [-0.39, 0.29) is 11.6 Å². The quantitative estimate of drug-likeness (QED) is 0.738. The van der Waals surface area contributed by atoms with Gasteiger partial charge < -0.3 is 9.94 Å². The minimum absolute atomic E-state index is 0.00739. The highest BCUT2D eigenvalue weighted by atomic mass is 35.5. The number of benzene rings is 1. The first kappa shape index (κ1) is 10.2. The first-order valence-corrected chi connectivity index (χ1v) is 4.01. The molecule has 3 nitrogen and oxygen atoms in total. The molecule has 0 fully saturated rings. The third-order valence-electron chi connectivity index (χ3n) is 1.59. The molecule has 72 valence electrons. The van der Waals surface area contributed by atoms with Gasteiger partial charge in [0.25, 0.3) is 0 Å².